The Morgan fingerprint density at radius 3 is 2.48 bits per heavy atom. The van der Waals surface area contributed by atoms with Crippen molar-refractivity contribution in [1.29, 1.82) is 0 Å². The number of carbonyl (C=O) groups excluding carboxylic acids is 2. The molecule has 2 saturated carbocycles. The number of rotatable bonds is 4. The summed E-state index contributed by atoms with van der Waals surface area (Å²) in [6.45, 7) is 10.8. The first-order chi connectivity index (χ1) is 13.6. The first-order valence-electron chi connectivity index (χ1n) is 10.9. The standard InChI is InChI=1S/C24H34N2O3/c1-14(2)21(28)26-22-23(4,5)17-12-19-20(29-11-10-24(19,22)13-17)16-6-8-18(9-7-16)25-15(3)27/h6-9,14,17,19-20,22H,10-13H2,1-5H3,(H,25,27)(H,26,28)/t17-,19-,20-,22-,24?/m1/s1. The summed E-state index contributed by atoms with van der Waals surface area (Å²) >= 11 is 0. The van der Waals surface area contributed by atoms with Gasteiger partial charge in [-0.05, 0) is 59.6 Å². The Kier molecular flexibility index (Phi) is 5.01. The third-order valence-corrected chi connectivity index (χ3v) is 7.88. The zero-order valence-corrected chi connectivity index (χ0v) is 18.2. The van der Waals surface area contributed by atoms with Gasteiger partial charge in [-0.25, -0.2) is 0 Å². The predicted octanol–water partition coefficient (Wildman–Crippen LogP) is 4.30. The molecule has 5 atom stereocenters. The molecule has 4 rings (SSSR count). The average molecular weight is 399 g/mol. The zero-order valence-electron chi connectivity index (χ0n) is 18.2. The summed E-state index contributed by atoms with van der Waals surface area (Å²) in [7, 11) is 0. The highest BCUT2D eigenvalue weighted by atomic mass is 16.5. The number of hydrogen-bond acceptors (Lipinski definition) is 3. The van der Waals surface area contributed by atoms with E-state index in [9.17, 15) is 9.59 Å². The van der Waals surface area contributed by atoms with Crippen molar-refractivity contribution in [3.8, 4) is 0 Å². The van der Waals surface area contributed by atoms with Crippen LogP contribution in [0.5, 0.6) is 0 Å². The van der Waals surface area contributed by atoms with Gasteiger partial charge < -0.3 is 15.4 Å². The van der Waals surface area contributed by atoms with Crippen molar-refractivity contribution < 1.29 is 14.3 Å². The van der Waals surface area contributed by atoms with E-state index in [4.69, 9.17) is 4.74 Å². The molecule has 1 saturated heterocycles. The molecule has 2 amide bonds. The lowest BCUT2D eigenvalue weighted by molar-refractivity contribution is -0.139. The van der Waals surface area contributed by atoms with Crippen LogP contribution in [-0.4, -0.2) is 24.5 Å². The summed E-state index contributed by atoms with van der Waals surface area (Å²) < 4.78 is 6.32. The highest BCUT2D eigenvalue weighted by Gasteiger charge is 2.68. The topological polar surface area (TPSA) is 67.4 Å². The molecule has 29 heavy (non-hydrogen) atoms. The number of hydrogen-bond donors (Lipinski definition) is 2. The molecule has 2 bridgehead atoms. The van der Waals surface area contributed by atoms with Crippen LogP contribution in [-0.2, 0) is 14.3 Å². The van der Waals surface area contributed by atoms with Gasteiger partial charge in [0, 0.05) is 31.2 Å². The number of fused-ring (bicyclic) bond motifs is 1. The van der Waals surface area contributed by atoms with Crippen LogP contribution in [0.15, 0.2) is 24.3 Å². The molecule has 5 heteroatoms. The Morgan fingerprint density at radius 2 is 1.86 bits per heavy atom. The van der Waals surface area contributed by atoms with Crippen LogP contribution < -0.4 is 10.6 Å². The fourth-order valence-electron chi connectivity index (χ4n) is 6.39. The second-order valence-corrected chi connectivity index (χ2v) is 10.2. The number of benzene rings is 1. The van der Waals surface area contributed by atoms with Crippen LogP contribution in [0.25, 0.3) is 0 Å². The Hall–Kier alpha value is -1.88. The Balaban J connectivity index is 1.62. The van der Waals surface area contributed by atoms with E-state index in [1.165, 1.54) is 18.9 Å². The summed E-state index contributed by atoms with van der Waals surface area (Å²) in [6, 6.07) is 8.26. The number of carbonyl (C=O) groups is 2. The Morgan fingerprint density at radius 1 is 1.17 bits per heavy atom. The van der Waals surface area contributed by atoms with Crippen LogP contribution in [0.4, 0.5) is 5.69 Å². The van der Waals surface area contributed by atoms with E-state index in [-0.39, 0.29) is 40.7 Å². The summed E-state index contributed by atoms with van der Waals surface area (Å²) in [4.78, 5) is 23.9. The predicted molar refractivity (Wildman–Crippen MR) is 113 cm³/mol. The number of amides is 2. The van der Waals surface area contributed by atoms with Gasteiger partial charge >= 0.3 is 0 Å². The van der Waals surface area contributed by atoms with Crippen molar-refractivity contribution in [3.05, 3.63) is 29.8 Å². The van der Waals surface area contributed by atoms with E-state index in [1.807, 2.05) is 26.0 Å². The third kappa shape index (κ3) is 3.27. The molecule has 1 aromatic carbocycles. The SMILES string of the molecule is CC(=O)Nc1ccc([C@H]2OCCC34C[C@@H](C[C@H]23)C(C)(C)[C@H]4NC(=O)C(C)C)cc1. The minimum absolute atomic E-state index is 0.00302. The second kappa shape index (κ2) is 7.12. The molecular formula is C24H34N2O3. The van der Waals surface area contributed by atoms with Crippen molar-refractivity contribution in [2.24, 2.45) is 28.6 Å². The van der Waals surface area contributed by atoms with Gasteiger partial charge in [-0.2, -0.15) is 0 Å². The van der Waals surface area contributed by atoms with E-state index in [0.717, 1.165) is 25.1 Å². The molecule has 0 radical (unpaired) electrons. The van der Waals surface area contributed by atoms with Crippen LogP contribution in [0.3, 0.4) is 0 Å². The molecule has 158 valence electrons. The molecule has 3 aliphatic rings. The van der Waals surface area contributed by atoms with Gasteiger partial charge in [0.2, 0.25) is 11.8 Å². The maximum atomic E-state index is 12.6. The molecular weight excluding hydrogens is 364 g/mol. The number of ether oxygens (including phenoxy) is 1. The van der Waals surface area contributed by atoms with Crippen molar-refractivity contribution in [1.82, 2.24) is 5.32 Å². The average Bonchev–Trinajstić information content (AvgIpc) is 3.14. The molecule has 2 aliphatic carbocycles. The van der Waals surface area contributed by atoms with Crippen LogP contribution >= 0.6 is 0 Å². The van der Waals surface area contributed by atoms with E-state index in [0.29, 0.717) is 11.8 Å². The molecule has 1 spiro atoms. The van der Waals surface area contributed by atoms with Crippen LogP contribution in [0, 0.1) is 28.6 Å². The van der Waals surface area contributed by atoms with E-state index >= 15 is 0 Å². The van der Waals surface area contributed by atoms with Gasteiger partial charge in [-0.3, -0.25) is 9.59 Å². The quantitative estimate of drug-likeness (QED) is 0.795. The molecule has 5 nitrogen and oxygen atoms in total. The highest BCUT2D eigenvalue weighted by molar-refractivity contribution is 5.88. The molecule has 2 N–H and O–H groups in total. The third-order valence-electron chi connectivity index (χ3n) is 7.88. The normalized spacial score (nSPS) is 34.7. The fraction of sp³-hybridized carbons (Fsp3) is 0.667. The molecule has 1 aromatic rings. The molecule has 1 aliphatic heterocycles. The molecule has 1 unspecified atom stereocenters. The van der Waals surface area contributed by atoms with Gasteiger partial charge in [0.25, 0.3) is 0 Å². The maximum Gasteiger partial charge on any atom is 0.222 e. The molecule has 1 heterocycles. The van der Waals surface area contributed by atoms with Crippen molar-refractivity contribution >= 4 is 17.5 Å². The Bertz CT molecular complexity index is 801. The highest BCUT2D eigenvalue weighted by Crippen LogP contribution is 2.70. The Labute approximate surface area is 174 Å². The summed E-state index contributed by atoms with van der Waals surface area (Å²) in [5, 5.41) is 6.28. The minimum Gasteiger partial charge on any atom is -0.373 e. The lowest BCUT2D eigenvalue weighted by Crippen LogP contribution is -2.59. The van der Waals surface area contributed by atoms with Crippen molar-refractivity contribution in [2.45, 2.75) is 66.0 Å². The van der Waals surface area contributed by atoms with Gasteiger partial charge in [0.15, 0.2) is 0 Å². The first-order valence-corrected chi connectivity index (χ1v) is 10.9. The maximum absolute atomic E-state index is 12.6. The van der Waals surface area contributed by atoms with E-state index in [1.54, 1.807) is 0 Å². The van der Waals surface area contributed by atoms with Crippen molar-refractivity contribution in [2.75, 3.05) is 11.9 Å². The summed E-state index contributed by atoms with van der Waals surface area (Å²) in [6.07, 6.45) is 3.40. The monoisotopic (exact) mass is 398 g/mol. The lowest BCUT2D eigenvalue weighted by Gasteiger charge is -2.53. The summed E-state index contributed by atoms with van der Waals surface area (Å²) in [5.74, 6) is 1.11. The van der Waals surface area contributed by atoms with Gasteiger partial charge in [0.1, 0.15) is 0 Å². The largest absolute Gasteiger partial charge is 0.373 e. The van der Waals surface area contributed by atoms with Gasteiger partial charge in [-0.15, -0.1) is 0 Å². The van der Waals surface area contributed by atoms with E-state index < -0.39 is 0 Å². The van der Waals surface area contributed by atoms with Crippen molar-refractivity contribution in [3.63, 3.8) is 0 Å². The zero-order chi connectivity index (χ0) is 21.0. The molecule has 0 aromatic heterocycles. The first kappa shape index (κ1) is 20.4. The van der Waals surface area contributed by atoms with E-state index in [2.05, 4.69) is 36.6 Å². The summed E-state index contributed by atoms with van der Waals surface area (Å²) in [5.41, 5.74) is 2.20. The van der Waals surface area contributed by atoms with Crippen LogP contribution in [0.2, 0.25) is 0 Å². The lowest BCUT2D eigenvalue weighted by atomic mass is 9.58. The fourth-order valence-corrected chi connectivity index (χ4v) is 6.39. The van der Waals surface area contributed by atoms with Gasteiger partial charge in [0.05, 0.1) is 6.10 Å². The minimum atomic E-state index is -0.0651. The second-order valence-electron chi connectivity index (χ2n) is 10.2. The molecule has 3 fully saturated rings. The smallest absolute Gasteiger partial charge is 0.222 e. The van der Waals surface area contributed by atoms with Gasteiger partial charge in [-0.1, -0.05) is 39.8 Å². The number of anilines is 1. The van der Waals surface area contributed by atoms with Crippen LogP contribution in [0.1, 0.15) is 65.5 Å². The number of nitrogens with one attached hydrogen (secondary N) is 2.